The van der Waals surface area contributed by atoms with Gasteiger partial charge in [0.15, 0.2) is 0 Å². The Morgan fingerprint density at radius 2 is 1.56 bits per heavy atom. The van der Waals surface area contributed by atoms with Gasteiger partial charge in [0.2, 0.25) is 5.91 Å². The van der Waals surface area contributed by atoms with Crippen LogP contribution in [-0.4, -0.2) is 54.0 Å². The maximum atomic E-state index is 13.3. The van der Waals surface area contributed by atoms with Gasteiger partial charge in [-0.15, -0.1) is 0 Å². The van der Waals surface area contributed by atoms with Gasteiger partial charge in [-0.3, -0.25) is 14.4 Å². The summed E-state index contributed by atoms with van der Waals surface area (Å²) >= 11 is 12.2. The average Bonchev–Trinajstić information content (AvgIpc) is 2.85. The van der Waals surface area contributed by atoms with Gasteiger partial charge in [-0.1, -0.05) is 48.2 Å². The van der Waals surface area contributed by atoms with Crippen LogP contribution < -0.4 is 10.2 Å². The van der Waals surface area contributed by atoms with Crippen molar-refractivity contribution in [3.8, 4) is 0 Å². The molecule has 2 aromatic rings. The van der Waals surface area contributed by atoms with E-state index in [1.165, 1.54) is 0 Å². The predicted octanol–water partition coefficient (Wildman–Crippen LogP) is 4.79. The summed E-state index contributed by atoms with van der Waals surface area (Å²) in [4.78, 5) is 41.8. The number of carbonyl (C=O) groups excluding carboxylic acids is 2. The van der Waals surface area contributed by atoms with Crippen molar-refractivity contribution >= 4 is 52.4 Å². The molecule has 2 aliphatic rings. The molecule has 2 aromatic carbocycles. The van der Waals surface area contributed by atoms with Crippen LogP contribution in [0.2, 0.25) is 10.0 Å². The molecule has 2 amide bonds. The number of benzene rings is 2. The Morgan fingerprint density at radius 3 is 2.24 bits per heavy atom. The number of rotatable bonds is 5. The van der Waals surface area contributed by atoms with Gasteiger partial charge in [0.1, 0.15) is 0 Å². The van der Waals surface area contributed by atoms with Gasteiger partial charge in [0.05, 0.1) is 33.1 Å². The zero-order valence-electron chi connectivity index (χ0n) is 18.7. The maximum Gasteiger partial charge on any atom is 0.307 e. The summed E-state index contributed by atoms with van der Waals surface area (Å²) in [6.07, 6.45) is 2.67. The second-order valence-corrected chi connectivity index (χ2v) is 9.56. The average molecular weight is 504 g/mol. The van der Waals surface area contributed by atoms with E-state index in [1.807, 2.05) is 12.1 Å². The molecule has 180 valence electrons. The number of carboxylic acid groups (broad SMARTS) is 1. The number of hydrogen-bond donors (Lipinski definition) is 2. The van der Waals surface area contributed by atoms with E-state index in [9.17, 15) is 19.5 Å². The van der Waals surface area contributed by atoms with E-state index in [0.29, 0.717) is 60.3 Å². The molecule has 7 nitrogen and oxygen atoms in total. The monoisotopic (exact) mass is 503 g/mol. The van der Waals surface area contributed by atoms with E-state index < -0.39 is 17.8 Å². The summed E-state index contributed by atoms with van der Waals surface area (Å²) in [6, 6.07) is 12.4. The number of para-hydroxylation sites is 1. The van der Waals surface area contributed by atoms with Crippen LogP contribution in [0.5, 0.6) is 0 Å². The largest absolute Gasteiger partial charge is 0.481 e. The topological polar surface area (TPSA) is 90.0 Å². The Balaban J connectivity index is 1.43. The highest BCUT2D eigenvalue weighted by Crippen LogP contribution is 2.32. The minimum atomic E-state index is -0.941. The van der Waals surface area contributed by atoms with Crippen LogP contribution in [0.1, 0.15) is 36.0 Å². The molecule has 4 rings (SSSR count). The third kappa shape index (κ3) is 5.31. The first-order valence-electron chi connectivity index (χ1n) is 11.5. The smallest absolute Gasteiger partial charge is 0.307 e. The number of amides is 2. The number of carboxylic acids is 1. The van der Waals surface area contributed by atoms with Crippen LogP contribution in [0.4, 0.5) is 11.4 Å². The van der Waals surface area contributed by atoms with Crippen molar-refractivity contribution in [3.05, 3.63) is 58.1 Å². The lowest BCUT2D eigenvalue weighted by Gasteiger charge is -2.36. The van der Waals surface area contributed by atoms with E-state index >= 15 is 0 Å². The van der Waals surface area contributed by atoms with Crippen molar-refractivity contribution in [3.63, 3.8) is 0 Å². The Bertz CT molecular complexity index is 1090. The summed E-state index contributed by atoms with van der Waals surface area (Å²) < 4.78 is 0. The molecule has 2 fully saturated rings. The third-order valence-electron chi connectivity index (χ3n) is 6.67. The lowest BCUT2D eigenvalue weighted by Crippen LogP contribution is -2.49. The summed E-state index contributed by atoms with van der Waals surface area (Å²) in [5.41, 5.74) is 1.77. The molecular weight excluding hydrogens is 477 g/mol. The van der Waals surface area contributed by atoms with Crippen molar-refractivity contribution in [1.82, 2.24) is 4.90 Å². The molecule has 0 bridgehead atoms. The molecule has 9 heteroatoms. The third-order valence-corrected chi connectivity index (χ3v) is 7.41. The van der Waals surface area contributed by atoms with Gasteiger partial charge in [0, 0.05) is 31.9 Å². The van der Waals surface area contributed by atoms with Crippen LogP contribution in [0.3, 0.4) is 0 Å². The van der Waals surface area contributed by atoms with Crippen LogP contribution in [-0.2, 0) is 9.59 Å². The van der Waals surface area contributed by atoms with Crippen molar-refractivity contribution in [2.24, 2.45) is 11.8 Å². The number of nitrogens with zero attached hydrogens (tertiary/aromatic N) is 2. The molecule has 1 saturated heterocycles. The summed E-state index contributed by atoms with van der Waals surface area (Å²) in [7, 11) is 0. The highest BCUT2D eigenvalue weighted by molar-refractivity contribution is 6.42. The normalized spacial score (nSPS) is 20.6. The van der Waals surface area contributed by atoms with Crippen LogP contribution in [0.15, 0.2) is 42.5 Å². The molecule has 34 heavy (non-hydrogen) atoms. The zero-order chi connectivity index (χ0) is 24.2. The van der Waals surface area contributed by atoms with Crippen molar-refractivity contribution < 1.29 is 19.5 Å². The van der Waals surface area contributed by atoms with Crippen LogP contribution in [0.25, 0.3) is 0 Å². The summed E-state index contributed by atoms with van der Waals surface area (Å²) in [5, 5.41) is 13.3. The Labute approximate surface area is 208 Å². The standard InChI is InChI=1S/C25H27Cl2N3O4/c26-20-10-9-16(15-21(20)27)29-11-13-30(14-12-29)24(32)19-7-3-4-8-22(19)28-23(31)17-5-1-2-6-18(17)25(33)34/h3-4,7-10,15,17-18H,1-2,5-6,11-14H2,(H,28,31)(H,33,34)/t17-,18+/m0/s1. The number of carbonyl (C=O) groups is 3. The molecule has 2 N–H and O–H groups in total. The second-order valence-electron chi connectivity index (χ2n) is 8.75. The fraction of sp³-hybridized carbons (Fsp3) is 0.400. The van der Waals surface area contributed by atoms with E-state index in [1.54, 1.807) is 35.2 Å². The van der Waals surface area contributed by atoms with Crippen LogP contribution in [0, 0.1) is 11.8 Å². The Morgan fingerprint density at radius 1 is 0.882 bits per heavy atom. The number of anilines is 2. The highest BCUT2D eigenvalue weighted by Gasteiger charge is 2.36. The second kappa shape index (κ2) is 10.7. The lowest BCUT2D eigenvalue weighted by molar-refractivity contribution is -0.147. The van der Waals surface area contributed by atoms with Crippen molar-refractivity contribution in [2.45, 2.75) is 25.7 Å². The van der Waals surface area contributed by atoms with E-state index in [2.05, 4.69) is 10.2 Å². The first kappa shape index (κ1) is 24.4. The van der Waals surface area contributed by atoms with E-state index in [0.717, 1.165) is 18.5 Å². The number of nitrogens with one attached hydrogen (secondary N) is 1. The molecule has 1 aliphatic carbocycles. The van der Waals surface area contributed by atoms with Gasteiger partial charge < -0.3 is 20.2 Å². The molecule has 0 spiro atoms. The number of hydrogen-bond acceptors (Lipinski definition) is 4. The van der Waals surface area contributed by atoms with Gasteiger partial charge in [-0.05, 0) is 43.2 Å². The quantitative estimate of drug-likeness (QED) is 0.612. The maximum absolute atomic E-state index is 13.3. The number of halogens is 2. The molecule has 2 atom stereocenters. The highest BCUT2D eigenvalue weighted by atomic mass is 35.5. The van der Waals surface area contributed by atoms with Gasteiger partial charge in [0.25, 0.3) is 5.91 Å². The minimum Gasteiger partial charge on any atom is -0.481 e. The number of piperazine rings is 1. The van der Waals surface area contributed by atoms with E-state index in [4.69, 9.17) is 23.2 Å². The first-order chi connectivity index (χ1) is 16.3. The fourth-order valence-electron chi connectivity index (χ4n) is 4.76. The Hall–Kier alpha value is -2.77. The fourth-order valence-corrected chi connectivity index (χ4v) is 5.06. The summed E-state index contributed by atoms with van der Waals surface area (Å²) in [6.45, 7) is 2.32. The van der Waals surface area contributed by atoms with Gasteiger partial charge in [-0.2, -0.15) is 0 Å². The molecule has 1 saturated carbocycles. The Kier molecular flexibility index (Phi) is 7.63. The van der Waals surface area contributed by atoms with Gasteiger partial charge in [-0.25, -0.2) is 0 Å². The van der Waals surface area contributed by atoms with E-state index in [-0.39, 0.29) is 11.8 Å². The number of aliphatic carboxylic acids is 1. The van der Waals surface area contributed by atoms with Crippen molar-refractivity contribution in [2.75, 3.05) is 36.4 Å². The molecule has 1 heterocycles. The SMILES string of the molecule is O=C(Nc1ccccc1C(=O)N1CCN(c2ccc(Cl)c(Cl)c2)CC1)[C@H]1CCCC[C@H]1C(=O)O. The molecule has 0 aromatic heterocycles. The minimum absolute atomic E-state index is 0.164. The lowest BCUT2D eigenvalue weighted by atomic mass is 9.78. The molecule has 0 unspecified atom stereocenters. The summed E-state index contributed by atoms with van der Waals surface area (Å²) in [5.74, 6) is -2.72. The predicted molar refractivity (Wildman–Crippen MR) is 133 cm³/mol. The first-order valence-corrected chi connectivity index (χ1v) is 12.2. The van der Waals surface area contributed by atoms with Crippen LogP contribution >= 0.6 is 23.2 Å². The molecule has 1 aliphatic heterocycles. The zero-order valence-corrected chi connectivity index (χ0v) is 20.2. The molecular formula is C25H27Cl2N3O4. The van der Waals surface area contributed by atoms with Crippen molar-refractivity contribution in [1.29, 1.82) is 0 Å². The molecule has 0 radical (unpaired) electrons. The van der Waals surface area contributed by atoms with Gasteiger partial charge >= 0.3 is 5.97 Å².